The topological polar surface area (TPSA) is 70.5 Å². The van der Waals surface area contributed by atoms with Crippen molar-refractivity contribution in [3.8, 4) is 5.88 Å². The molecule has 0 bridgehead atoms. The molecule has 4 heterocycles. The number of hydrogen-bond acceptors (Lipinski definition) is 8. The average molecular weight is 355 g/mol. The minimum absolute atomic E-state index is 0.597. The first-order chi connectivity index (χ1) is 12.8. The minimum Gasteiger partial charge on any atom is -0.481 e. The Kier molecular flexibility index (Phi) is 4.99. The smallest absolute Gasteiger partial charge is 0.218 e. The SMILES string of the molecule is COc1cc(N2CCN(c3cc(N4CCCCC4)ncn3)CC2)ncn1. The van der Waals surface area contributed by atoms with E-state index >= 15 is 0 Å². The number of rotatable bonds is 4. The maximum absolute atomic E-state index is 5.20. The zero-order valence-corrected chi connectivity index (χ0v) is 15.2. The van der Waals surface area contributed by atoms with Gasteiger partial charge in [0.15, 0.2) is 0 Å². The second-order valence-electron chi connectivity index (χ2n) is 6.67. The number of nitrogens with zero attached hydrogens (tertiary/aromatic N) is 7. The summed E-state index contributed by atoms with van der Waals surface area (Å²) in [4.78, 5) is 24.4. The van der Waals surface area contributed by atoms with Crippen LogP contribution < -0.4 is 19.4 Å². The van der Waals surface area contributed by atoms with Crippen molar-refractivity contribution >= 4 is 17.5 Å². The van der Waals surface area contributed by atoms with Gasteiger partial charge in [0.05, 0.1) is 7.11 Å². The molecular weight excluding hydrogens is 330 g/mol. The first-order valence-electron chi connectivity index (χ1n) is 9.26. The van der Waals surface area contributed by atoms with Crippen LogP contribution in [0.5, 0.6) is 5.88 Å². The van der Waals surface area contributed by atoms with Crippen LogP contribution in [0.25, 0.3) is 0 Å². The van der Waals surface area contributed by atoms with Crippen LogP contribution in [0.1, 0.15) is 19.3 Å². The molecule has 0 N–H and O–H groups in total. The van der Waals surface area contributed by atoms with Gasteiger partial charge in [-0.15, -0.1) is 0 Å². The van der Waals surface area contributed by atoms with Crippen molar-refractivity contribution in [3.63, 3.8) is 0 Å². The second-order valence-corrected chi connectivity index (χ2v) is 6.67. The van der Waals surface area contributed by atoms with Gasteiger partial charge in [-0.3, -0.25) is 0 Å². The van der Waals surface area contributed by atoms with Crippen LogP contribution in [0.15, 0.2) is 24.8 Å². The first-order valence-corrected chi connectivity index (χ1v) is 9.26. The zero-order valence-electron chi connectivity index (χ0n) is 15.2. The summed E-state index contributed by atoms with van der Waals surface area (Å²) < 4.78 is 5.20. The summed E-state index contributed by atoms with van der Waals surface area (Å²) in [6.07, 6.45) is 7.07. The average Bonchev–Trinajstić information content (AvgIpc) is 2.75. The van der Waals surface area contributed by atoms with Crippen molar-refractivity contribution in [2.45, 2.75) is 19.3 Å². The van der Waals surface area contributed by atoms with Gasteiger partial charge in [-0.25, -0.2) is 19.9 Å². The fourth-order valence-corrected chi connectivity index (χ4v) is 3.59. The van der Waals surface area contributed by atoms with Gasteiger partial charge in [0.1, 0.15) is 30.1 Å². The van der Waals surface area contributed by atoms with E-state index in [1.807, 2.05) is 6.07 Å². The van der Waals surface area contributed by atoms with Crippen molar-refractivity contribution in [1.29, 1.82) is 0 Å². The highest BCUT2D eigenvalue weighted by molar-refractivity contribution is 5.52. The highest BCUT2D eigenvalue weighted by atomic mass is 16.5. The van der Waals surface area contributed by atoms with E-state index < -0.39 is 0 Å². The van der Waals surface area contributed by atoms with E-state index in [4.69, 9.17) is 4.74 Å². The highest BCUT2D eigenvalue weighted by Crippen LogP contribution is 2.23. The molecule has 8 nitrogen and oxygen atoms in total. The molecule has 2 aliphatic heterocycles. The Morgan fingerprint density at radius 1 is 0.654 bits per heavy atom. The Bertz CT molecular complexity index is 727. The number of methoxy groups -OCH3 is 1. The quantitative estimate of drug-likeness (QED) is 0.819. The number of piperazine rings is 1. The summed E-state index contributed by atoms with van der Waals surface area (Å²) >= 11 is 0. The van der Waals surface area contributed by atoms with E-state index in [2.05, 4.69) is 40.7 Å². The molecule has 0 radical (unpaired) electrons. The monoisotopic (exact) mass is 355 g/mol. The number of hydrogen-bond donors (Lipinski definition) is 0. The molecule has 0 aromatic carbocycles. The van der Waals surface area contributed by atoms with E-state index in [1.54, 1.807) is 19.8 Å². The molecule has 26 heavy (non-hydrogen) atoms. The van der Waals surface area contributed by atoms with Gasteiger partial charge in [0.2, 0.25) is 5.88 Å². The lowest BCUT2D eigenvalue weighted by Gasteiger charge is -2.36. The van der Waals surface area contributed by atoms with Gasteiger partial charge in [-0.1, -0.05) is 0 Å². The maximum Gasteiger partial charge on any atom is 0.218 e. The Balaban J connectivity index is 1.41. The molecule has 0 unspecified atom stereocenters. The molecule has 0 aliphatic carbocycles. The van der Waals surface area contributed by atoms with Crippen LogP contribution in [0, 0.1) is 0 Å². The maximum atomic E-state index is 5.20. The lowest BCUT2D eigenvalue weighted by molar-refractivity contribution is 0.396. The fraction of sp³-hybridized carbons (Fsp3) is 0.556. The minimum atomic E-state index is 0.597. The summed E-state index contributed by atoms with van der Waals surface area (Å²) in [7, 11) is 1.62. The van der Waals surface area contributed by atoms with Crippen LogP contribution in [0.4, 0.5) is 17.5 Å². The molecule has 138 valence electrons. The molecule has 2 aliphatic rings. The van der Waals surface area contributed by atoms with Crippen molar-refractivity contribution in [1.82, 2.24) is 19.9 Å². The summed E-state index contributed by atoms with van der Waals surface area (Å²) in [5, 5.41) is 0. The molecule has 2 saturated heterocycles. The summed E-state index contributed by atoms with van der Waals surface area (Å²) in [5.41, 5.74) is 0. The third kappa shape index (κ3) is 3.63. The van der Waals surface area contributed by atoms with Gasteiger partial charge in [-0.05, 0) is 19.3 Å². The molecule has 0 atom stereocenters. The Hall–Kier alpha value is -2.64. The fourth-order valence-electron chi connectivity index (χ4n) is 3.59. The van der Waals surface area contributed by atoms with Gasteiger partial charge >= 0.3 is 0 Å². The molecular formula is C18H25N7O. The van der Waals surface area contributed by atoms with Crippen molar-refractivity contribution in [2.24, 2.45) is 0 Å². The number of ether oxygens (including phenoxy) is 1. The van der Waals surface area contributed by atoms with E-state index in [-0.39, 0.29) is 0 Å². The van der Waals surface area contributed by atoms with E-state index in [9.17, 15) is 0 Å². The highest BCUT2D eigenvalue weighted by Gasteiger charge is 2.21. The summed E-state index contributed by atoms with van der Waals surface area (Å²) in [6, 6.07) is 4.02. The summed E-state index contributed by atoms with van der Waals surface area (Å²) in [5.74, 6) is 3.57. The van der Waals surface area contributed by atoms with E-state index in [0.717, 1.165) is 56.7 Å². The van der Waals surface area contributed by atoms with Crippen LogP contribution in [0.2, 0.25) is 0 Å². The molecule has 4 rings (SSSR count). The lowest BCUT2D eigenvalue weighted by Crippen LogP contribution is -2.47. The lowest BCUT2D eigenvalue weighted by atomic mass is 10.1. The number of piperidine rings is 1. The predicted molar refractivity (Wildman–Crippen MR) is 101 cm³/mol. The largest absolute Gasteiger partial charge is 0.481 e. The van der Waals surface area contributed by atoms with E-state index in [1.165, 1.54) is 19.3 Å². The van der Waals surface area contributed by atoms with E-state index in [0.29, 0.717) is 5.88 Å². The van der Waals surface area contributed by atoms with Crippen molar-refractivity contribution < 1.29 is 4.74 Å². The Morgan fingerprint density at radius 3 is 1.73 bits per heavy atom. The molecule has 2 aromatic rings. The normalized spacial score (nSPS) is 18.1. The molecule has 0 saturated carbocycles. The third-order valence-electron chi connectivity index (χ3n) is 5.08. The third-order valence-corrected chi connectivity index (χ3v) is 5.08. The molecule has 8 heteroatoms. The second kappa shape index (κ2) is 7.72. The van der Waals surface area contributed by atoms with Crippen molar-refractivity contribution in [2.75, 3.05) is 61.1 Å². The van der Waals surface area contributed by atoms with Gasteiger partial charge in [0.25, 0.3) is 0 Å². The van der Waals surface area contributed by atoms with Crippen LogP contribution >= 0.6 is 0 Å². The number of aromatic nitrogens is 4. The summed E-state index contributed by atoms with van der Waals surface area (Å²) in [6.45, 7) is 5.79. The van der Waals surface area contributed by atoms with Crippen LogP contribution in [0.3, 0.4) is 0 Å². The number of anilines is 3. The predicted octanol–water partition coefficient (Wildman–Crippen LogP) is 1.59. The first kappa shape index (κ1) is 16.8. The molecule has 0 spiro atoms. The van der Waals surface area contributed by atoms with Crippen molar-refractivity contribution in [3.05, 3.63) is 24.8 Å². The zero-order chi connectivity index (χ0) is 17.8. The van der Waals surface area contributed by atoms with Crippen LogP contribution in [-0.2, 0) is 0 Å². The van der Waals surface area contributed by atoms with Crippen LogP contribution in [-0.4, -0.2) is 66.3 Å². The molecule has 2 aromatic heterocycles. The van der Waals surface area contributed by atoms with Gasteiger partial charge in [-0.2, -0.15) is 0 Å². The standard InChI is InChI=1S/C18H25N7O/c1-26-18-12-17(21-14-22-18)25-9-7-24(8-10-25)16-11-15(19-13-20-16)23-5-3-2-4-6-23/h11-14H,2-10H2,1H3. The Morgan fingerprint density at radius 2 is 1.15 bits per heavy atom. The van der Waals surface area contributed by atoms with Gasteiger partial charge < -0.3 is 19.4 Å². The van der Waals surface area contributed by atoms with Gasteiger partial charge in [0, 0.05) is 51.4 Å². The molecule has 2 fully saturated rings. The Labute approximate surface area is 153 Å². The molecule has 0 amide bonds.